The highest BCUT2D eigenvalue weighted by Crippen LogP contribution is 2.57. The molecule has 0 aliphatic carbocycles. The van der Waals surface area contributed by atoms with Crippen molar-refractivity contribution in [1.82, 2.24) is 3.82 Å². The van der Waals surface area contributed by atoms with Gasteiger partial charge in [0.15, 0.2) is 0 Å². The van der Waals surface area contributed by atoms with E-state index in [9.17, 15) is 66.0 Å². The number of hydrogen-bond acceptors (Lipinski definition) is 5. The smallest absolute Gasteiger partial charge is 0.248 e. The predicted molar refractivity (Wildman–Crippen MR) is 77.9 cm³/mol. The Kier molecular flexibility index (Phi) is 7.95. The number of rotatable bonds is 7. The zero-order chi connectivity index (χ0) is 25.6. The number of hydrazine groups is 1. The third-order valence-electron chi connectivity index (χ3n) is 3.20. The maximum Gasteiger partial charge on any atom is 0.459 e. The Morgan fingerprint density at radius 3 is 1.44 bits per heavy atom. The summed E-state index contributed by atoms with van der Waals surface area (Å²) in [6.45, 7) is 0. The van der Waals surface area contributed by atoms with E-state index in [0.717, 1.165) is 0 Å². The summed E-state index contributed by atoms with van der Waals surface area (Å²) in [6, 6.07) is -0.561. The molecule has 1 aromatic rings. The standard InChI is InChI=1S/C12H5F15N2OS2/c13-7(14,15)4-1-5(8(16,17)18)3-6(2-4)31-29(28)32-12(25,26)10(21,30-27)9(19,20)11(22,23)24/h1-3H,28H2. The van der Waals surface area contributed by atoms with Crippen LogP contribution in [0.5, 0.6) is 0 Å². The maximum absolute atomic E-state index is 13.7. The Morgan fingerprint density at radius 1 is 0.719 bits per heavy atom. The van der Waals surface area contributed by atoms with Crippen LogP contribution >= 0.6 is 23.9 Å². The van der Waals surface area contributed by atoms with E-state index in [-0.39, 0.29) is 18.2 Å². The Morgan fingerprint density at radius 2 is 1.12 bits per heavy atom. The first-order valence-corrected chi connectivity index (χ1v) is 8.56. The van der Waals surface area contributed by atoms with Gasteiger partial charge in [-0.1, -0.05) is 0 Å². The predicted octanol–water partition coefficient (Wildman–Crippen LogP) is 6.91. The molecule has 1 atom stereocenters. The first kappa shape index (κ1) is 28.8. The van der Waals surface area contributed by atoms with Crippen LogP contribution in [0.3, 0.4) is 0 Å². The molecular weight excluding hydrogens is 537 g/mol. The Labute approximate surface area is 175 Å². The second kappa shape index (κ2) is 8.84. The van der Waals surface area contributed by atoms with Crippen molar-refractivity contribution in [2.24, 2.45) is 5.84 Å². The first-order valence-electron chi connectivity index (χ1n) is 7.02. The molecule has 0 bridgehead atoms. The van der Waals surface area contributed by atoms with Gasteiger partial charge < -0.3 is 0 Å². The number of nitrogens with two attached hydrogens (primary N) is 1. The molecule has 2 N–H and O–H groups in total. The molecule has 1 aromatic carbocycles. The van der Waals surface area contributed by atoms with Gasteiger partial charge in [0.25, 0.3) is 0 Å². The number of alkyl halides is 14. The lowest BCUT2D eigenvalue weighted by Gasteiger charge is -2.36. The first-order chi connectivity index (χ1) is 14.0. The second-order valence-electron chi connectivity index (χ2n) is 5.47. The monoisotopic (exact) mass is 542 g/mol. The van der Waals surface area contributed by atoms with Crippen molar-refractivity contribution in [3.05, 3.63) is 29.3 Å². The molecular formula is C12H5F15N2OS2. The second-order valence-corrected chi connectivity index (χ2v) is 7.84. The van der Waals surface area contributed by atoms with Crippen molar-refractivity contribution < 1.29 is 70.9 Å². The maximum atomic E-state index is 13.7. The Balaban J connectivity index is 3.29. The molecule has 0 radical (unpaired) electrons. The fraction of sp³-hybridized carbons (Fsp3) is 0.500. The van der Waals surface area contributed by atoms with E-state index in [1.165, 1.54) is 0 Å². The van der Waals surface area contributed by atoms with Crippen molar-refractivity contribution in [1.29, 1.82) is 0 Å². The average molecular weight is 542 g/mol. The van der Waals surface area contributed by atoms with Gasteiger partial charge in [-0.15, -0.1) is 8.76 Å². The van der Waals surface area contributed by atoms with Crippen LogP contribution < -0.4 is 5.84 Å². The third-order valence-corrected chi connectivity index (χ3v) is 4.95. The quantitative estimate of drug-likeness (QED) is 0.176. The Hall–Kier alpha value is -1.25. The van der Waals surface area contributed by atoms with Crippen LogP contribution in [0.25, 0.3) is 0 Å². The van der Waals surface area contributed by atoms with Gasteiger partial charge >= 0.3 is 35.6 Å². The SMILES string of the molecule is NN(Sc1cc(C(F)(F)F)cc(C(F)(F)F)c1)SC(F)(F)C(F)(OF)C(F)(F)C(F)(F)F. The lowest BCUT2D eigenvalue weighted by Crippen LogP contribution is -2.63. The van der Waals surface area contributed by atoms with E-state index in [1.807, 2.05) is 0 Å². The van der Waals surface area contributed by atoms with E-state index in [2.05, 4.69) is 0 Å². The van der Waals surface area contributed by atoms with E-state index < -0.39 is 79.3 Å². The van der Waals surface area contributed by atoms with Crippen molar-refractivity contribution in [3.8, 4) is 0 Å². The molecule has 0 aromatic heterocycles. The van der Waals surface area contributed by atoms with Gasteiger partial charge in [-0.05, 0) is 34.7 Å². The van der Waals surface area contributed by atoms with Gasteiger partial charge in [0, 0.05) is 16.8 Å². The van der Waals surface area contributed by atoms with Crippen LogP contribution in [0.15, 0.2) is 23.1 Å². The molecule has 0 aliphatic heterocycles. The van der Waals surface area contributed by atoms with E-state index in [1.54, 1.807) is 4.94 Å². The van der Waals surface area contributed by atoms with Crippen LogP contribution in [0.1, 0.15) is 11.1 Å². The molecule has 1 unspecified atom stereocenters. The lowest BCUT2D eigenvalue weighted by molar-refractivity contribution is -0.458. The normalized spacial score (nSPS) is 16.4. The van der Waals surface area contributed by atoms with Gasteiger partial charge in [0.1, 0.15) is 0 Å². The molecule has 0 aliphatic rings. The molecule has 0 amide bonds. The van der Waals surface area contributed by atoms with Gasteiger partial charge in [-0.3, -0.25) is 0 Å². The van der Waals surface area contributed by atoms with E-state index in [0.29, 0.717) is 0 Å². The summed E-state index contributed by atoms with van der Waals surface area (Å²) in [5.74, 6) is -9.15. The molecule has 32 heavy (non-hydrogen) atoms. The molecule has 0 spiro atoms. The van der Waals surface area contributed by atoms with Crippen LogP contribution in [0, 0.1) is 0 Å². The van der Waals surface area contributed by atoms with Crippen molar-refractivity contribution in [2.45, 2.75) is 40.5 Å². The van der Waals surface area contributed by atoms with Crippen LogP contribution in [-0.4, -0.2) is 27.0 Å². The lowest BCUT2D eigenvalue weighted by atomic mass is 10.1. The molecule has 20 heteroatoms. The highest BCUT2D eigenvalue weighted by Gasteiger charge is 2.83. The minimum absolute atomic E-state index is 0.0862. The number of hydrogen-bond donors (Lipinski definition) is 1. The zero-order valence-corrected chi connectivity index (χ0v) is 15.8. The fourth-order valence-corrected chi connectivity index (χ4v) is 3.49. The Bertz CT molecular complexity index is 777. The van der Waals surface area contributed by atoms with Crippen molar-refractivity contribution >= 4 is 23.9 Å². The minimum Gasteiger partial charge on any atom is -0.248 e. The average Bonchev–Trinajstić information content (AvgIpc) is 2.57. The van der Waals surface area contributed by atoms with Gasteiger partial charge in [0.2, 0.25) is 0 Å². The molecule has 186 valence electrons. The van der Waals surface area contributed by atoms with Gasteiger partial charge in [0.05, 0.1) is 11.1 Å². The highest BCUT2D eigenvalue weighted by atomic mass is 32.2. The molecule has 0 saturated carbocycles. The summed E-state index contributed by atoms with van der Waals surface area (Å²) >= 11 is -2.54. The summed E-state index contributed by atoms with van der Waals surface area (Å²) in [6.07, 6.45) is -17.9. The topological polar surface area (TPSA) is 38.5 Å². The number of benzene rings is 1. The van der Waals surface area contributed by atoms with Crippen LogP contribution in [0.4, 0.5) is 66.0 Å². The highest BCUT2D eigenvalue weighted by molar-refractivity contribution is 8.12. The van der Waals surface area contributed by atoms with Crippen molar-refractivity contribution in [2.75, 3.05) is 0 Å². The van der Waals surface area contributed by atoms with Gasteiger partial charge in [-0.25, -0.2) is 5.84 Å². The largest absolute Gasteiger partial charge is 0.459 e. The number of nitrogens with zero attached hydrogens (tertiary/aromatic N) is 1. The molecule has 0 saturated heterocycles. The molecule has 3 nitrogen and oxygen atoms in total. The zero-order valence-electron chi connectivity index (χ0n) is 14.2. The van der Waals surface area contributed by atoms with Crippen molar-refractivity contribution in [3.63, 3.8) is 0 Å². The van der Waals surface area contributed by atoms with E-state index >= 15 is 0 Å². The summed E-state index contributed by atoms with van der Waals surface area (Å²) in [5, 5.41) is -6.23. The van der Waals surface area contributed by atoms with Crippen LogP contribution in [0.2, 0.25) is 0 Å². The third kappa shape index (κ3) is 5.81. The van der Waals surface area contributed by atoms with E-state index in [4.69, 9.17) is 5.84 Å². The molecule has 1 rings (SSSR count). The number of halogens is 15. The van der Waals surface area contributed by atoms with Gasteiger partial charge in [-0.2, -0.15) is 61.5 Å². The molecule has 0 fully saturated rings. The summed E-state index contributed by atoms with van der Waals surface area (Å²) < 4.78 is 192. The fourth-order valence-electron chi connectivity index (χ4n) is 1.73. The summed E-state index contributed by atoms with van der Waals surface area (Å²) in [5.41, 5.74) is -3.95. The minimum atomic E-state index is -7.18. The molecule has 0 heterocycles. The summed E-state index contributed by atoms with van der Waals surface area (Å²) in [7, 11) is 0. The summed E-state index contributed by atoms with van der Waals surface area (Å²) in [4.78, 5) is 0.346. The van der Waals surface area contributed by atoms with Crippen LogP contribution in [-0.2, 0) is 17.3 Å².